The molecule has 1 unspecified atom stereocenters. The topological polar surface area (TPSA) is 58.2 Å². The molecule has 0 aliphatic rings. The third-order valence-corrected chi connectivity index (χ3v) is 4.33. The lowest BCUT2D eigenvalue weighted by Gasteiger charge is -2.12. The highest BCUT2D eigenvalue weighted by Gasteiger charge is 2.20. The lowest BCUT2D eigenvalue weighted by atomic mass is 10.3. The molecule has 8 heteroatoms. The van der Waals surface area contributed by atoms with Crippen LogP contribution in [0.15, 0.2) is 27.6 Å². The fourth-order valence-corrected chi connectivity index (χ4v) is 2.83. The Hall–Kier alpha value is -0.210. The van der Waals surface area contributed by atoms with Gasteiger partial charge in [-0.2, -0.15) is 0 Å². The van der Waals surface area contributed by atoms with E-state index >= 15 is 0 Å². The lowest BCUT2D eigenvalue weighted by Crippen LogP contribution is -2.37. The van der Waals surface area contributed by atoms with E-state index in [2.05, 4.69) is 26.0 Å². The number of rotatable bonds is 5. The fourth-order valence-electron chi connectivity index (χ4n) is 1.11. The Kier molecular flexibility index (Phi) is 7.31. The smallest absolute Gasteiger partial charge is 0.243 e. The molecule has 0 aliphatic heterocycles. The summed E-state index contributed by atoms with van der Waals surface area (Å²) in [7, 11) is -2.09. The van der Waals surface area contributed by atoms with Crippen LogP contribution in [0.25, 0.3) is 0 Å². The third-order valence-electron chi connectivity index (χ3n) is 2.28. The predicted molar refractivity (Wildman–Crippen MR) is 75.1 cm³/mol. The van der Waals surface area contributed by atoms with Gasteiger partial charge in [-0.15, -0.1) is 12.4 Å². The molecule has 0 spiro atoms. The van der Waals surface area contributed by atoms with Gasteiger partial charge in [0.2, 0.25) is 10.0 Å². The van der Waals surface area contributed by atoms with Crippen molar-refractivity contribution in [2.75, 3.05) is 13.6 Å². The van der Waals surface area contributed by atoms with E-state index in [0.717, 1.165) is 0 Å². The Morgan fingerprint density at radius 1 is 1.44 bits per heavy atom. The maximum atomic E-state index is 13.6. The molecule has 1 rings (SSSR count). The van der Waals surface area contributed by atoms with Crippen LogP contribution >= 0.6 is 28.3 Å². The second-order valence-corrected chi connectivity index (χ2v) is 6.18. The van der Waals surface area contributed by atoms with Crippen LogP contribution in [-0.4, -0.2) is 28.1 Å². The maximum absolute atomic E-state index is 13.6. The minimum atomic E-state index is -3.81. The minimum Gasteiger partial charge on any atom is -0.316 e. The number of nitrogens with one attached hydrogen (secondary N) is 2. The first kappa shape index (κ1) is 17.8. The second kappa shape index (κ2) is 7.40. The first-order chi connectivity index (χ1) is 7.88. The van der Waals surface area contributed by atoms with E-state index < -0.39 is 15.8 Å². The van der Waals surface area contributed by atoms with Gasteiger partial charge in [-0.25, -0.2) is 17.5 Å². The van der Waals surface area contributed by atoms with E-state index in [1.54, 1.807) is 7.05 Å². The highest BCUT2D eigenvalue weighted by atomic mass is 79.9. The van der Waals surface area contributed by atoms with Crippen molar-refractivity contribution in [2.24, 2.45) is 0 Å². The zero-order valence-electron chi connectivity index (χ0n) is 9.91. The van der Waals surface area contributed by atoms with Crippen LogP contribution in [0.2, 0.25) is 0 Å². The maximum Gasteiger partial charge on any atom is 0.243 e. The Morgan fingerprint density at radius 2 is 2.06 bits per heavy atom. The van der Waals surface area contributed by atoms with Gasteiger partial charge in [-0.1, -0.05) is 6.07 Å². The van der Waals surface area contributed by atoms with E-state index in [4.69, 9.17) is 0 Å². The van der Waals surface area contributed by atoms with Crippen molar-refractivity contribution in [1.82, 2.24) is 10.0 Å². The molecular weight excluding hydrogens is 347 g/mol. The largest absolute Gasteiger partial charge is 0.316 e. The average molecular weight is 362 g/mol. The summed E-state index contributed by atoms with van der Waals surface area (Å²) in [6, 6.07) is 4.13. The zero-order valence-corrected chi connectivity index (χ0v) is 13.1. The molecule has 0 aliphatic carbocycles. The van der Waals surface area contributed by atoms with Crippen LogP contribution in [0.4, 0.5) is 4.39 Å². The first-order valence-electron chi connectivity index (χ1n) is 4.99. The Morgan fingerprint density at radius 3 is 2.61 bits per heavy atom. The quantitative estimate of drug-likeness (QED) is 0.842. The van der Waals surface area contributed by atoms with E-state index in [-0.39, 0.29) is 34.4 Å². The Labute approximate surface area is 121 Å². The van der Waals surface area contributed by atoms with Gasteiger partial charge < -0.3 is 5.32 Å². The molecule has 0 aromatic heterocycles. The van der Waals surface area contributed by atoms with Crippen molar-refractivity contribution in [2.45, 2.75) is 17.9 Å². The number of benzene rings is 1. The SMILES string of the molecule is CNC(C)CNS(=O)(=O)c1cccc(Br)c1F.Cl. The molecule has 1 aromatic carbocycles. The van der Waals surface area contributed by atoms with Crippen LogP contribution in [0.5, 0.6) is 0 Å². The summed E-state index contributed by atoms with van der Waals surface area (Å²) >= 11 is 2.95. The van der Waals surface area contributed by atoms with E-state index in [9.17, 15) is 12.8 Å². The molecule has 2 N–H and O–H groups in total. The molecule has 104 valence electrons. The molecule has 0 saturated carbocycles. The fraction of sp³-hybridized carbons (Fsp3) is 0.400. The van der Waals surface area contributed by atoms with Gasteiger partial charge in [0.25, 0.3) is 0 Å². The van der Waals surface area contributed by atoms with Gasteiger partial charge in [-0.3, -0.25) is 0 Å². The van der Waals surface area contributed by atoms with Crippen molar-refractivity contribution in [1.29, 1.82) is 0 Å². The lowest BCUT2D eigenvalue weighted by molar-refractivity contribution is 0.539. The number of sulfonamides is 1. The van der Waals surface area contributed by atoms with E-state index in [0.29, 0.717) is 0 Å². The summed E-state index contributed by atoms with van der Waals surface area (Å²) in [5.41, 5.74) is 0. The first-order valence-corrected chi connectivity index (χ1v) is 7.27. The zero-order chi connectivity index (χ0) is 13.1. The molecule has 0 saturated heterocycles. The van der Waals surface area contributed by atoms with Crippen LogP contribution < -0.4 is 10.0 Å². The van der Waals surface area contributed by atoms with Gasteiger partial charge in [0.1, 0.15) is 4.90 Å². The molecule has 4 nitrogen and oxygen atoms in total. The van der Waals surface area contributed by atoms with Crippen LogP contribution in [-0.2, 0) is 10.0 Å². The second-order valence-electron chi connectivity index (χ2n) is 3.59. The van der Waals surface area contributed by atoms with Crippen LogP contribution in [0, 0.1) is 5.82 Å². The highest BCUT2D eigenvalue weighted by Crippen LogP contribution is 2.21. The van der Waals surface area contributed by atoms with Crippen molar-refractivity contribution in [3.05, 3.63) is 28.5 Å². The van der Waals surface area contributed by atoms with Gasteiger partial charge in [0, 0.05) is 12.6 Å². The van der Waals surface area contributed by atoms with E-state index in [1.807, 2.05) is 6.92 Å². The van der Waals surface area contributed by atoms with Gasteiger partial charge >= 0.3 is 0 Å². The van der Waals surface area contributed by atoms with Gasteiger partial charge in [-0.05, 0) is 42.0 Å². The number of halogens is 3. The Balaban J connectivity index is 0.00000289. The number of likely N-dealkylation sites (N-methyl/N-ethyl adjacent to an activating group) is 1. The average Bonchev–Trinajstić information content (AvgIpc) is 2.29. The molecule has 18 heavy (non-hydrogen) atoms. The summed E-state index contributed by atoms with van der Waals surface area (Å²) in [6.45, 7) is 2.02. The highest BCUT2D eigenvalue weighted by molar-refractivity contribution is 9.10. The molecule has 0 heterocycles. The summed E-state index contributed by atoms with van der Waals surface area (Å²) in [5, 5.41) is 2.89. The van der Waals surface area contributed by atoms with Crippen molar-refractivity contribution >= 4 is 38.4 Å². The van der Waals surface area contributed by atoms with Crippen molar-refractivity contribution in [3.63, 3.8) is 0 Å². The molecule has 1 aromatic rings. The van der Waals surface area contributed by atoms with Crippen LogP contribution in [0.3, 0.4) is 0 Å². The summed E-state index contributed by atoms with van der Waals surface area (Å²) < 4.78 is 39.7. The molecule has 0 fully saturated rings. The molecular formula is C10H15BrClFN2O2S. The monoisotopic (exact) mass is 360 g/mol. The molecule has 0 bridgehead atoms. The number of hydrogen-bond acceptors (Lipinski definition) is 3. The summed E-state index contributed by atoms with van der Waals surface area (Å²) in [6.07, 6.45) is 0. The van der Waals surface area contributed by atoms with Crippen molar-refractivity contribution in [3.8, 4) is 0 Å². The standard InChI is InChI=1S/C10H14BrFN2O2S.ClH/c1-7(13-2)6-14-17(15,16)9-5-3-4-8(11)10(9)12;/h3-5,7,13-14H,6H2,1-2H3;1H. The van der Waals surface area contributed by atoms with Gasteiger partial charge in [0.05, 0.1) is 4.47 Å². The summed E-state index contributed by atoms with van der Waals surface area (Å²) in [5.74, 6) is -0.780. The number of hydrogen-bond donors (Lipinski definition) is 2. The summed E-state index contributed by atoms with van der Waals surface area (Å²) in [4.78, 5) is -0.352. The molecule has 1 atom stereocenters. The molecule has 0 radical (unpaired) electrons. The minimum absolute atomic E-state index is 0. The van der Waals surface area contributed by atoms with Gasteiger partial charge in [0.15, 0.2) is 5.82 Å². The molecule has 0 amide bonds. The normalized spacial score (nSPS) is 12.9. The van der Waals surface area contributed by atoms with E-state index in [1.165, 1.54) is 18.2 Å². The third kappa shape index (κ3) is 4.47. The Bertz CT molecular complexity index is 499. The van der Waals surface area contributed by atoms with Crippen LogP contribution in [0.1, 0.15) is 6.92 Å². The predicted octanol–water partition coefficient (Wildman–Crippen LogP) is 1.90. The van der Waals surface area contributed by atoms with Crippen molar-refractivity contribution < 1.29 is 12.8 Å².